The lowest BCUT2D eigenvalue weighted by Gasteiger charge is -2.32. The molecule has 0 spiro atoms. The summed E-state index contributed by atoms with van der Waals surface area (Å²) >= 11 is 0. The lowest BCUT2D eigenvalue weighted by molar-refractivity contribution is -0.148. The van der Waals surface area contributed by atoms with Crippen molar-refractivity contribution in [3.63, 3.8) is 0 Å². The number of benzene rings is 2. The predicted octanol–water partition coefficient (Wildman–Crippen LogP) is 5.28. The van der Waals surface area contributed by atoms with E-state index < -0.39 is 47.4 Å². The second-order valence-corrected chi connectivity index (χ2v) is 11.9. The third-order valence-corrected chi connectivity index (χ3v) is 7.48. The van der Waals surface area contributed by atoms with Gasteiger partial charge >= 0.3 is 12.1 Å². The molecule has 0 saturated carbocycles. The largest absolute Gasteiger partial charge is 0.481 e. The summed E-state index contributed by atoms with van der Waals surface area (Å²) in [6, 6.07) is 11.4. The molecule has 2 atom stereocenters. The molecular weight excluding hydrogens is 575 g/mol. The molecule has 0 aliphatic heterocycles. The summed E-state index contributed by atoms with van der Waals surface area (Å²) in [6.07, 6.45) is -4.63. The van der Waals surface area contributed by atoms with Crippen molar-refractivity contribution in [2.75, 3.05) is 20.6 Å². The van der Waals surface area contributed by atoms with Crippen molar-refractivity contribution in [1.82, 2.24) is 14.8 Å². The number of carbonyl (C=O) groups excluding carboxylic acids is 1. The van der Waals surface area contributed by atoms with E-state index in [1.807, 2.05) is 32.0 Å². The predicted molar refractivity (Wildman–Crippen MR) is 162 cm³/mol. The summed E-state index contributed by atoms with van der Waals surface area (Å²) in [6.45, 7) is 7.66. The average molecular weight is 616 g/mol. The van der Waals surface area contributed by atoms with Gasteiger partial charge in [-0.3, -0.25) is 14.4 Å². The summed E-state index contributed by atoms with van der Waals surface area (Å²) in [5.41, 5.74) is -1.07. The molecule has 0 radical (unpaired) electrons. The summed E-state index contributed by atoms with van der Waals surface area (Å²) in [4.78, 5) is 40.6. The van der Waals surface area contributed by atoms with Crippen molar-refractivity contribution in [1.29, 1.82) is 0 Å². The summed E-state index contributed by atoms with van der Waals surface area (Å²) in [7, 11) is 3.41. The molecule has 1 heterocycles. The maximum absolute atomic E-state index is 13.9. The number of rotatable bonds is 12. The number of nitrogens with one attached hydrogen (secondary N) is 1. The van der Waals surface area contributed by atoms with E-state index >= 15 is 0 Å². The first-order valence-corrected chi connectivity index (χ1v) is 14.3. The molecule has 0 saturated heterocycles. The number of likely N-dealkylation sites (N-methyl/N-ethyl adjacent to an activating group) is 1. The van der Waals surface area contributed by atoms with Crippen molar-refractivity contribution < 1.29 is 33.0 Å². The van der Waals surface area contributed by atoms with Gasteiger partial charge in [0.2, 0.25) is 5.91 Å². The van der Waals surface area contributed by atoms with E-state index in [1.54, 1.807) is 51.0 Å². The minimum Gasteiger partial charge on any atom is -0.481 e. The molecule has 2 unspecified atom stereocenters. The number of pyridine rings is 1. The minimum atomic E-state index is -4.78. The number of amides is 1. The molecule has 3 aromatic rings. The fourth-order valence-corrected chi connectivity index (χ4v) is 5.36. The normalized spacial score (nSPS) is 14.0. The van der Waals surface area contributed by atoms with Crippen LogP contribution >= 0.6 is 0 Å². The molecule has 2 aromatic carbocycles. The Morgan fingerprint density at radius 3 is 2.18 bits per heavy atom. The van der Waals surface area contributed by atoms with Gasteiger partial charge in [-0.15, -0.1) is 0 Å². The fourth-order valence-electron chi connectivity index (χ4n) is 5.36. The van der Waals surface area contributed by atoms with Crippen LogP contribution in [0.25, 0.3) is 11.1 Å². The molecule has 238 valence electrons. The van der Waals surface area contributed by atoms with E-state index in [2.05, 4.69) is 5.32 Å². The Kier molecular flexibility index (Phi) is 10.8. The summed E-state index contributed by atoms with van der Waals surface area (Å²) in [5, 5.41) is 23.9. The van der Waals surface area contributed by atoms with Crippen LogP contribution in [0, 0.1) is 19.8 Å². The van der Waals surface area contributed by atoms with Gasteiger partial charge in [0, 0.05) is 24.4 Å². The van der Waals surface area contributed by atoms with E-state index in [4.69, 9.17) is 0 Å². The fraction of sp³-hybridized carbons (Fsp3) is 0.424. The lowest BCUT2D eigenvalue weighted by atomic mass is 9.91. The van der Waals surface area contributed by atoms with Crippen LogP contribution in [0.3, 0.4) is 0 Å². The van der Waals surface area contributed by atoms with E-state index in [0.29, 0.717) is 11.6 Å². The summed E-state index contributed by atoms with van der Waals surface area (Å²) in [5.74, 6) is -2.49. The molecule has 0 aliphatic rings. The highest BCUT2D eigenvalue weighted by molar-refractivity contribution is 5.82. The molecule has 1 amide bonds. The van der Waals surface area contributed by atoms with Crippen LogP contribution in [0.4, 0.5) is 13.2 Å². The smallest absolute Gasteiger partial charge is 0.416 e. The maximum atomic E-state index is 13.9. The van der Waals surface area contributed by atoms with E-state index in [1.165, 1.54) is 6.07 Å². The average Bonchev–Trinajstić information content (AvgIpc) is 2.90. The molecule has 44 heavy (non-hydrogen) atoms. The quantitative estimate of drug-likeness (QED) is 0.239. The van der Waals surface area contributed by atoms with E-state index in [-0.39, 0.29) is 36.4 Å². The first kappa shape index (κ1) is 34.5. The van der Waals surface area contributed by atoms with Crippen LogP contribution in [0.2, 0.25) is 0 Å². The number of aromatic nitrogens is 1. The van der Waals surface area contributed by atoms with E-state index in [9.17, 15) is 37.8 Å². The molecule has 11 heteroatoms. The van der Waals surface area contributed by atoms with Gasteiger partial charge in [0.15, 0.2) is 5.72 Å². The molecule has 8 nitrogen and oxygen atoms in total. The van der Waals surface area contributed by atoms with E-state index in [0.717, 1.165) is 27.5 Å². The second kappa shape index (κ2) is 13.8. The number of hydrogen-bond donors (Lipinski definition) is 3. The van der Waals surface area contributed by atoms with Gasteiger partial charge in [-0.2, -0.15) is 13.2 Å². The van der Waals surface area contributed by atoms with Crippen molar-refractivity contribution >= 4 is 11.9 Å². The number of aliphatic hydroxyl groups is 1. The molecule has 0 aliphatic carbocycles. The highest BCUT2D eigenvalue weighted by Crippen LogP contribution is 2.34. The molecule has 0 fully saturated rings. The van der Waals surface area contributed by atoms with Gasteiger partial charge in [-0.25, -0.2) is 0 Å². The van der Waals surface area contributed by atoms with Crippen molar-refractivity contribution in [2.24, 2.45) is 5.92 Å². The monoisotopic (exact) mass is 615 g/mol. The zero-order chi connectivity index (χ0) is 33.0. The Morgan fingerprint density at radius 1 is 1.02 bits per heavy atom. The number of halogens is 3. The van der Waals surface area contributed by atoms with Gasteiger partial charge in [0.25, 0.3) is 5.56 Å². The topological polar surface area (TPSA) is 112 Å². The number of aryl methyl sites for hydroxylation is 2. The van der Waals surface area contributed by atoms with Crippen molar-refractivity contribution in [3.8, 4) is 11.1 Å². The van der Waals surface area contributed by atoms with Gasteiger partial charge in [-0.1, -0.05) is 50.2 Å². The van der Waals surface area contributed by atoms with Gasteiger partial charge in [0.05, 0.1) is 12.0 Å². The van der Waals surface area contributed by atoms with Crippen LogP contribution in [-0.4, -0.2) is 52.2 Å². The number of nitrogens with zero attached hydrogens (tertiary/aromatic N) is 2. The molecule has 3 rings (SSSR count). The van der Waals surface area contributed by atoms with Gasteiger partial charge < -0.3 is 25.0 Å². The molecular formula is C33H40F3N3O5. The molecule has 0 bridgehead atoms. The highest BCUT2D eigenvalue weighted by Gasteiger charge is 2.39. The Bertz CT molecular complexity index is 1540. The Balaban J connectivity index is 2.12. The summed E-state index contributed by atoms with van der Waals surface area (Å²) < 4.78 is 42.5. The lowest BCUT2D eigenvalue weighted by Crippen LogP contribution is -2.51. The number of carbonyl (C=O) groups is 2. The molecule has 3 N–H and O–H groups in total. The number of aliphatic carboxylic acids is 1. The third kappa shape index (κ3) is 8.35. The highest BCUT2D eigenvalue weighted by atomic mass is 19.4. The Morgan fingerprint density at radius 2 is 1.64 bits per heavy atom. The maximum Gasteiger partial charge on any atom is 0.416 e. The van der Waals surface area contributed by atoms with Crippen LogP contribution < -0.4 is 10.9 Å². The van der Waals surface area contributed by atoms with Crippen LogP contribution in [0.1, 0.15) is 60.5 Å². The Labute approximate surface area is 255 Å². The molecule has 1 aromatic heterocycles. The number of hydrogen-bond acceptors (Lipinski definition) is 5. The first-order chi connectivity index (χ1) is 20.4. The standard InChI is InChI=1S/C33H40F3N3O5/c1-20(2)15-27(39-19-24(13-14-38(5)6)26(17-28(39)40)33(34,35)36)31(43)37-32(44,18-29(41)42)25-12-8-11-23(16-25)30-21(3)9-7-10-22(30)4/h7-12,16-17,19-20,27,44H,13-15,18H2,1-6H3,(H,37,43)(H,41,42). The van der Waals surface area contributed by atoms with Crippen molar-refractivity contribution in [2.45, 2.75) is 64.9 Å². The minimum absolute atomic E-state index is 0.0355. The zero-order valence-electron chi connectivity index (χ0n) is 25.8. The van der Waals surface area contributed by atoms with Crippen LogP contribution in [-0.2, 0) is 27.9 Å². The number of carboxylic acids is 1. The number of alkyl halides is 3. The van der Waals surface area contributed by atoms with Crippen molar-refractivity contribution in [3.05, 3.63) is 92.9 Å². The van der Waals surface area contributed by atoms with Crippen LogP contribution in [0.5, 0.6) is 0 Å². The zero-order valence-corrected chi connectivity index (χ0v) is 25.8. The Hall–Kier alpha value is -3.96. The third-order valence-electron chi connectivity index (χ3n) is 7.48. The van der Waals surface area contributed by atoms with Gasteiger partial charge in [-0.05, 0) is 80.6 Å². The SMILES string of the molecule is Cc1cccc(C)c1-c1cccc(C(O)(CC(=O)O)NC(=O)C(CC(C)C)n2cc(CCN(C)C)c(C(F)(F)F)cc2=O)c1. The first-order valence-electron chi connectivity index (χ1n) is 14.3. The van der Waals surface area contributed by atoms with Gasteiger partial charge in [0.1, 0.15) is 6.04 Å². The second-order valence-electron chi connectivity index (χ2n) is 11.9. The van der Waals surface area contributed by atoms with Crippen LogP contribution in [0.15, 0.2) is 59.5 Å². The number of carboxylic acid groups (broad SMARTS) is 1.